The van der Waals surface area contributed by atoms with Crippen LogP contribution in [-0.4, -0.2) is 80.1 Å². The first kappa shape index (κ1) is 26.2. The number of likely N-dealkylation sites (tertiary alicyclic amines) is 1. The van der Waals surface area contributed by atoms with E-state index in [1.54, 1.807) is 0 Å². The van der Waals surface area contributed by atoms with Gasteiger partial charge >= 0.3 is 5.97 Å². The number of rotatable bonds is 11. The van der Waals surface area contributed by atoms with Crippen LogP contribution in [0, 0.1) is 0 Å². The van der Waals surface area contributed by atoms with Gasteiger partial charge in [-0.1, -0.05) is 30.3 Å². The van der Waals surface area contributed by atoms with Crippen molar-refractivity contribution in [2.24, 2.45) is 5.73 Å². The predicted molar refractivity (Wildman–Crippen MR) is 130 cm³/mol. The zero-order chi connectivity index (χ0) is 25.4. The number of nitrogens with one attached hydrogen (secondary N) is 3. The number of nitrogens with two attached hydrogens (primary N) is 1. The van der Waals surface area contributed by atoms with Gasteiger partial charge < -0.3 is 31.4 Å². The van der Waals surface area contributed by atoms with Gasteiger partial charge in [0.15, 0.2) is 0 Å². The van der Waals surface area contributed by atoms with E-state index in [0.717, 1.165) is 5.56 Å². The lowest BCUT2D eigenvalue weighted by atomic mass is 10.1. The molecule has 3 rings (SSSR count). The van der Waals surface area contributed by atoms with Crippen LogP contribution in [0.25, 0.3) is 0 Å². The lowest BCUT2D eigenvalue weighted by Crippen LogP contribution is -2.57. The standard InChI is InChI=1S/C23H30N6O5S/c24-16(9-14-5-2-1-3-6-14)20(30)28-18(12-35)22(32)29-8-4-7-19(29)21(31)27-17(23(33)34)10-15-11-25-13-26-15/h1-3,5-6,11,13,16-19,35H,4,7-10,12,24H2,(H,25,26)(H,27,31)(H,28,30)(H,33,34). The van der Waals surface area contributed by atoms with Gasteiger partial charge in [-0.15, -0.1) is 0 Å². The quantitative estimate of drug-likeness (QED) is 0.225. The average Bonchev–Trinajstić information content (AvgIpc) is 3.54. The summed E-state index contributed by atoms with van der Waals surface area (Å²) in [4.78, 5) is 58.4. The number of amides is 3. The van der Waals surface area contributed by atoms with Gasteiger partial charge in [0.25, 0.3) is 0 Å². The van der Waals surface area contributed by atoms with Gasteiger partial charge in [0.05, 0.1) is 12.4 Å². The van der Waals surface area contributed by atoms with Crippen LogP contribution in [-0.2, 0) is 32.0 Å². The first-order valence-corrected chi connectivity index (χ1v) is 11.9. The minimum atomic E-state index is -1.20. The predicted octanol–water partition coefficient (Wildman–Crippen LogP) is -0.503. The van der Waals surface area contributed by atoms with Crippen molar-refractivity contribution in [3.8, 4) is 0 Å². The van der Waals surface area contributed by atoms with E-state index in [1.807, 2.05) is 30.3 Å². The Balaban J connectivity index is 1.61. The number of carbonyl (C=O) groups excluding carboxylic acids is 3. The second-order valence-electron chi connectivity index (χ2n) is 8.41. The monoisotopic (exact) mass is 502 g/mol. The van der Waals surface area contributed by atoms with Crippen molar-refractivity contribution in [1.82, 2.24) is 25.5 Å². The molecule has 0 radical (unpaired) electrons. The first-order valence-electron chi connectivity index (χ1n) is 11.3. The summed E-state index contributed by atoms with van der Waals surface area (Å²) >= 11 is 4.21. The van der Waals surface area contributed by atoms with Crippen LogP contribution in [0.2, 0.25) is 0 Å². The van der Waals surface area contributed by atoms with E-state index in [2.05, 4.69) is 33.2 Å². The van der Waals surface area contributed by atoms with Gasteiger partial charge in [0.2, 0.25) is 17.7 Å². The molecule has 11 nitrogen and oxygen atoms in total. The van der Waals surface area contributed by atoms with Crippen molar-refractivity contribution < 1.29 is 24.3 Å². The Hall–Kier alpha value is -3.38. The van der Waals surface area contributed by atoms with E-state index in [1.165, 1.54) is 17.4 Å². The van der Waals surface area contributed by atoms with Crippen LogP contribution >= 0.6 is 12.6 Å². The highest BCUT2D eigenvalue weighted by Crippen LogP contribution is 2.19. The van der Waals surface area contributed by atoms with Crippen LogP contribution in [0.5, 0.6) is 0 Å². The van der Waals surface area contributed by atoms with Crippen molar-refractivity contribution in [1.29, 1.82) is 0 Å². The largest absolute Gasteiger partial charge is 0.480 e. The van der Waals surface area contributed by atoms with Crippen LogP contribution in [0.3, 0.4) is 0 Å². The first-order chi connectivity index (χ1) is 16.8. The highest BCUT2D eigenvalue weighted by atomic mass is 32.1. The molecule has 2 aromatic rings. The topological polar surface area (TPSA) is 171 Å². The number of carbonyl (C=O) groups is 4. The van der Waals surface area contributed by atoms with Gasteiger partial charge in [-0.05, 0) is 24.8 Å². The number of aromatic nitrogens is 2. The van der Waals surface area contributed by atoms with Crippen molar-refractivity contribution in [2.45, 2.75) is 49.9 Å². The van der Waals surface area contributed by atoms with Crippen molar-refractivity contribution in [3.05, 3.63) is 54.1 Å². The lowest BCUT2D eigenvalue weighted by molar-refractivity contribution is -0.144. The Morgan fingerprint density at radius 3 is 2.54 bits per heavy atom. The maximum Gasteiger partial charge on any atom is 0.326 e. The van der Waals surface area contributed by atoms with Gasteiger partial charge in [0.1, 0.15) is 18.1 Å². The molecule has 12 heteroatoms. The summed E-state index contributed by atoms with van der Waals surface area (Å²) < 4.78 is 0. The average molecular weight is 503 g/mol. The molecule has 1 aromatic carbocycles. The van der Waals surface area contributed by atoms with Crippen LogP contribution in [0.15, 0.2) is 42.9 Å². The summed E-state index contributed by atoms with van der Waals surface area (Å²) in [5.41, 5.74) is 7.48. The molecule has 188 valence electrons. The summed E-state index contributed by atoms with van der Waals surface area (Å²) in [6, 6.07) is 5.43. The SMILES string of the molecule is NC(Cc1ccccc1)C(=O)NC(CS)C(=O)N1CCCC1C(=O)NC(Cc1cnc[nH]1)C(=O)O. The molecule has 6 N–H and O–H groups in total. The Labute approximate surface area is 208 Å². The molecule has 0 spiro atoms. The molecule has 0 aliphatic carbocycles. The highest BCUT2D eigenvalue weighted by Gasteiger charge is 2.38. The zero-order valence-electron chi connectivity index (χ0n) is 19.1. The van der Waals surface area contributed by atoms with Gasteiger partial charge in [-0.2, -0.15) is 12.6 Å². The molecule has 0 saturated carbocycles. The van der Waals surface area contributed by atoms with E-state index < -0.39 is 47.9 Å². The number of benzene rings is 1. The van der Waals surface area contributed by atoms with Crippen LogP contribution in [0.1, 0.15) is 24.1 Å². The molecule has 4 unspecified atom stereocenters. The van der Waals surface area contributed by atoms with Crippen LogP contribution in [0.4, 0.5) is 0 Å². The third-order valence-corrected chi connectivity index (χ3v) is 6.23. The minimum Gasteiger partial charge on any atom is -0.480 e. The summed E-state index contributed by atoms with van der Waals surface area (Å²) in [6.07, 6.45) is 4.19. The smallest absolute Gasteiger partial charge is 0.326 e. The number of aliphatic carboxylic acids is 1. The molecule has 3 amide bonds. The van der Waals surface area contributed by atoms with E-state index in [0.29, 0.717) is 31.5 Å². The van der Waals surface area contributed by atoms with Gasteiger partial charge in [0, 0.05) is 30.6 Å². The maximum absolute atomic E-state index is 13.2. The van der Waals surface area contributed by atoms with E-state index in [-0.39, 0.29) is 12.2 Å². The molecule has 1 aliphatic heterocycles. The molecule has 1 fully saturated rings. The third-order valence-electron chi connectivity index (χ3n) is 5.86. The number of H-pyrrole nitrogens is 1. The molecule has 4 atom stereocenters. The fourth-order valence-electron chi connectivity index (χ4n) is 4.01. The summed E-state index contributed by atoms with van der Waals surface area (Å²) in [7, 11) is 0. The third kappa shape index (κ3) is 7.06. The normalized spacial score (nSPS) is 17.9. The second kappa shape index (κ2) is 12.4. The fraction of sp³-hybridized carbons (Fsp3) is 0.435. The molecule has 1 aromatic heterocycles. The lowest BCUT2D eigenvalue weighted by Gasteiger charge is -2.29. The van der Waals surface area contributed by atoms with Crippen molar-refractivity contribution in [3.63, 3.8) is 0 Å². The number of carboxylic acids is 1. The Morgan fingerprint density at radius 2 is 1.91 bits per heavy atom. The Kier molecular flexibility index (Phi) is 9.26. The number of hydrogen-bond donors (Lipinski definition) is 6. The number of imidazole rings is 1. The molecule has 1 aliphatic rings. The zero-order valence-corrected chi connectivity index (χ0v) is 20.0. The van der Waals surface area contributed by atoms with E-state index in [9.17, 15) is 24.3 Å². The fourth-order valence-corrected chi connectivity index (χ4v) is 4.26. The highest BCUT2D eigenvalue weighted by molar-refractivity contribution is 7.80. The molecule has 1 saturated heterocycles. The molecule has 2 heterocycles. The Morgan fingerprint density at radius 1 is 1.17 bits per heavy atom. The summed E-state index contributed by atoms with van der Waals surface area (Å²) in [6.45, 7) is 0.311. The number of aromatic amines is 1. The number of carboxylic acid groups (broad SMARTS) is 1. The molecule has 35 heavy (non-hydrogen) atoms. The molecular formula is C23H30N6O5S. The molecule has 0 bridgehead atoms. The van der Waals surface area contributed by atoms with E-state index >= 15 is 0 Å². The number of thiol groups is 1. The van der Waals surface area contributed by atoms with Crippen molar-refractivity contribution >= 4 is 36.3 Å². The number of hydrogen-bond acceptors (Lipinski definition) is 7. The van der Waals surface area contributed by atoms with E-state index in [4.69, 9.17) is 5.73 Å². The number of nitrogens with zero attached hydrogens (tertiary/aromatic N) is 2. The van der Waals surface area contributed by atoms with Gasteiger partial charge in [-0.3, -0.25) is 14.4 Å². The summed E-state index contributed by atoms with van der Waals surface area (Å²) in [5.74, 6) is -2.69. The maximum atomic E-state index is 13.2. The minimum absolute atomic E-state index is 0.0189. The Bertz CT molecular complexity index is 1020. The van der Waals surface area contributed by atoms with Crippen LogP contribution < -0.4 is 16.4 Å². The summed E-state index contributed by atoms with van der Waals surface area (Å²) in [5, 5.41) is 14.7. The van der Waals surface area contributed by atoms with Crippen molar-refractivity contribution in [2.75, 3.05) is 12.3 Å². The second-order valence-corrected chi connectivity index (χ2v) is 8.78. The molecular weight excluding hydrogens is 472 g/mol. The van der Waals surface area contributed by atoms with Gasteiger partial charge in [-0.25, -0.2) is 9.78 Å².